The Balaban J connectivity index is 2.00. The zero-order chi connectivity index (χ0) is 14.6. The third-order valence-corrected chi connectivity index (χ3v) is 3.64. The van der Waals surface area contributed by atoms with Crippen LogP contribution in [0.25, 0.3) is 0 Å². The standard InChI is InChI=1S/C15H19BrO4/c1-15(2)19-10-13(20-15)14(12(17)8-16)18-9-11-6-4-3-5-7-11/h3-7,13-14H,8-10H2,1-2H3/t13-,14-/m0/s1. The molecule has 0 aromatic heterocycles. The summed E-state index contributed by atoms with van der Waals surface area (Å²) in [6.45, 7) is 4.41. The monoisotopic (exact) mass is 342 g/mol. The fourth-order valence-corrected chi connectivity index (χ4v) is 2.43. The minimum atomic E-state index is -0.661. The molecule has 1 saturated heterocycles. The van der Waals surface area contributed by atoms with Gasteiger partial charge >= 0.3 is 0 Å². The van der Waals surface area contributed by atoms with Gasteiger partial charge in [-0.15, -0.1) is 0 Å². The van der Waals surface area contributed by atoms with Crippen LogP contribution in [0.3, 0.4) is 0 Å². The summed E-state index contributed by atoms with van der Waals surface area (Å²) in [5.74, 6) is -0.696. The summed E-state index contributed by atoms with van der Waals surface area (Å²) in [6, 6.07) is 9.76. The number of ketones is 1. The summed E-state index contributed by atoms with van der Waals surface area (Å²) in [7, 11) is 0. The van der Waals surface area contributed by atoms with Crippen molar-refractivity contribution in [3.63, 3.8) is 0 Å². The Morgan fingerprint density at radius 3 is 2.70 bits per heavy atom. The smallest absolute Gasteiger partial charge is 0.174 e. The molecule has 5 heteroatoms. The lowest BCUT2D eigenvalue weighted by Gasteiger charge is -2.23. The maximum atomic E-state index is 12.0. The zero-order valence-corrected chi connectivity index (χ0v) is 13.3. The van der Waals surface area contributed by atoms with Gasteiger partial charge in [0.1, 0.15) is 12.2 Å². The summed E-state index contributed by atoms with van der Waals surface area (Å²) in [6.07, 6.45) is -0.977. The van der Waals surface area contributed by atoms with Gasteiger partial charge in [-0.3, -0.25) is 4.79 Å². The van der Waals surface area contributed by atoms with Crippen LogP contribution in [0, 0.1) is 0 Å². The van der Waals surface area contributed by atoms with Crippen LogP contribution in [-0.2, 0) is 25.6 Å². The number of halogens is 1. The molecule has 1 fully saturated rings. The molecule has 1 heterocycles. The van der Waals surface area contributed by atoms with Crippen molar-refractivity contribution in [2.24, 2.45) is 0 Å². The van der Waals surface area contributed by atoms with E-state index in [0.29, 0.717) is 13.2 Å². The number of hydrogen-bond acceptors (Lipinski definition) is 4. The first kappa shape index (κ1) is 15.6. The van der Waals surface area contributed by atoms with E-state index in [1.165, 1.54) is 0 Å². The lowest BCUT2D eigenvalue weighted by atomic mass is 10.1. The van der Waals surface area contributed by atoms with Crippen LogP contribution in [0.1, 0.15) is 19.4 Å². The Labute approximate surface area is 127 Å². The molecule has 1 aliphatic heterocycles. The van der Waals surface area contributed by atoms with Crippen LogP contribution in [0.4, 0.5) is 0 Å². The van der Waals surface area contributed by atoms with Gasteiger partial charge in [0, 0.05) is 0 Å². The average molecular weight is 343 g/mol. The van der Waals surface area contributed by atoms with Gasteiger partial charge in [-0.25, -0.2) is 0 Å². The number of carbonyl (C=O) groups is 1. The normalized spacial score (nSPS) is 22.6. The molecular weight excluding hydrogens is 324 g/mol. The van der Waals surface area contributed by atoms with Crippen molar-refractivity contribution in [3.8, 4) is 0 Å². The molecule has 110 valence electrons. The largest absolute Gasteiger partial charge is 0.363 e. The van der Waals surface area contributed by atoms with Crippen LogP contribution in [-0.4, -0.2) is 35.7 Å². The predicted octanol–water partition coefficient (Wildman–Crippen LogP) is 2.69. The molecule has 1 aromatic carbocycles. The minimum Gasteiger partial charge on any atom is -0.363 e. The van der Waals surface area contributed by atoms with Crippen molar-refractivity contribution < 1.29 is 19.0 Å². The van der Waals surface area contributed by atoms with Gasteiger partial charge in [-0.2, -0.15) is 0 Å². The zero-order valence-electron chi connectivity index (χ0n) is 11.7. The number of hydrogen-bond donors (Lipinski definition) is 0. The summed E-state index contributed by atoms with van der Waals surface area (Å²) in [4.78, 5) is 12.0. The third-order valence-electron chi connectivity index (χ3n) is 3.09. The molecular formula is C15H19BrO4. The Bertz CT molecular complexity index is 446. The lowest BCUT2D eigenvalue weighted by Crippen LogP contribution is -2.39. The molecule has 2 rings (SSSR count). The molecule has 0 saturated carbocycles. The molecule has 0 amide bonds. The topological polar surface area (TPSA) is 44.8 Å². The number of rotatable bonds is 6. The second-order valence-electron chi connectivity index (χ2n) is 5.18. The predicted molar refractivity (Wildman–Crippen MR) is 78.7 cm³/mol. The number of ether oxygens (including phenoxy) is 3. The highest BCUT2D eigenvalue weighted by atomic mass is 79.9. The first-order chi connectivity index (χ1) is 9.52. The van der Waals surface area contributed by atoms with Gasteiger partial charge < -0.3 is 14.2 Å². The summed E-state index contributed by atoms with van der Waals surface area (Å²) in [5.41, 5.74) is 1.03. The second kappa shape index (κ2) is 6.80. The van der Waals surface area contributed by atoms with Crippen molar-refractivity contribution in [1.82, 2.24) is 0 Å². The highest BCUT2D eigenvalue weighted by Gasteiger charge is 2.40. The maximum Gasteiger partial charge on any atom is 0.174 e. The fourth-order valence-electron chi connectivity index (χ4n) is 2.11. The van der Waals surface area contributed by atoms with Crippen molar-refractivity contribution in [3.05, 3.63) is 35.9 Å². The van der Waals surface area contributed by atoms with Crippen LogP contribution in [0.15, 0.2) is 30.3 Å². The van der Waals surface area contributed by atoms with Gasteiger partial charge in [-0.1, -0.05) is 46.3 Å². The van der Waals surface area contributed by atoms with Crippen LogP contribution < -0.4 is 0 Å². The summed E-state index contributed by atoms with van der Waals surface area (Å²) < 4.78 is 17.0. The van der Waals surface area contributed by atoms with E-state index in [4.69, 9.17) is 14.2 Å². The van der Waals surface area contributed by atoms with E-state index < -0.39 is 11.9 Å². The molecule has 0 aliphatic carbocycles. The molecule has 1 aromatic rings. The second-order valence-corrected chi connectivity index (χ2v) is 5.75. The fraction of sp³-hybridized carbons (Fsp3) is 0.533. The molecule has 2 atom stereocenters. The van der Waals surface area contributed by atoms with Crippen molar-refractivity contribution in [2.45, 2.75) is 38.4 Å². The van der Waals surface area contributed by atoms with E-state index in [-0.39, 0.29) is 17.2 Å². The molecule has 0 unspecified atom stereocenters. The Kier molecular flexibility index (Phi) is 5.32. The number of benzene rings is 1. The SMILES string of the molecule is CC1(C)OC[C@@H]([C@@H](OCc2ccccc2)C(=O)CBr)O1. The van der Waals surface area contributed by atoms with E-state index >= 15 is 0 Å². The highest BCUT2D eigenvalue weighted by Crippen LogP contribution is 2.26. The van der Waals surface area contributed by atoms with Gasteiger partial charge in [-0.05, 0) is 19.4 Å². The Hall–Kier alpha value is -0.750. The number of carbonyl (C=O) groups excluding carboxylic acids is 1. The Morgan fingerprint density at radius 2 is 2.15 bits per heavy atom. The van der Waals surface area contributed by atoms with Crippen molar-refractivity contribution >= 4 is 21.7 Å². The number of Topliss-reactive ketones (excluding diaryl/α,β-unsaturated/α-hetero) is 1. The van der Waals surface area contributed by atoms with E-state index in [2.05, 4.69) is 15.9 Å². The van der Waals surface area contributed by atoms with Crippen LogP contribution in [0.2, 0.25) is 0 Å². The lowest BCUT2D eigenvalue weighted by molar-refractivity contribution is -0.163. The average Bonchev–Trinajstić information content (AvgIpc) is 2.80. The molecule has 1 aliphatic rings. The molecule has 0 spiro atoms. The first-order valence-corrected chi connectivity index (χ1v) is 7.70. The van der Waals surface area contributed by atoms with Crippen molar-refractivity contribution in [1.29, 1.82) is 0 Å². The quantitative estimate of drug-likeness (QED) is 0.745. The van der Waals surface area contributed by atoms with Crippen molar-refractivity contribution in [2.75, 3.05) is 11.9 Å². The third kappa shape index (κ3) is 4.12. The maximum absolute atomic E-state index is 12.0. The Morgan fingerprint density at radius 1 is 1.45 bits per heavy atom. The van der Waals surface area contributed by atoms with E-state index in [1.807, 2.05) is 44.2 Å². The molecule has 0 radical (unpaired) electrons. The van der Waals surface area contributed by atoms with E-state index in [1.54, 1.807) is 0 Å². The van der Waals surface area contributed by atoms with Gasteiger partial charge in [0.05, 0.1) is 18.5 Å². The van der Waals surface area contributed by atoms with Gasteiger partial charge in [0.15, 0.2) is 11.6 Å². The van der Waals surface area contributed by atoms with Gasteiger partial charge in [0.25, 0.3) is 0 Å². The highest BCUT2D eigenvalue weighted by molar-refractivity contribution is 9.09. The summed E-state index contributed by atoms with van der Waals surface area (Å²) in [5, 5.41) is 0.243. The van der Waals surface area contributed by atoms with E-state index in [0.717, 1.165) is 5.56 Å². The first-order valence-electron chi connectivity index (χ1n) is 6.58. The molecule has 20 heavy (non-hydrogen) atoms. The van der Waals surface area contributed by atoms with Crippen LogP contribution in [0.5, 0.6) is 0 Å². The molecule has 0 bridgehead atoms. The molecule has 0 N–H and O–H groups in total. The van der Waals surface area contributed by atoms with Gasteiger partial charge in [0.2, 0.25) is 0 Å². The minimum absolute atomic E-state index is 0.0350. The molecule has 4 nitrogen and oxygen atoms in total. The van der Waals surface area contributed by atoms with Crippen LogP contribution >= 0.6 is 15.9 Å². The summed E-state index contributed by atoms with van der Waals surface area (Å²) >= 11 is 3.19. The van der Waals surface area contributed by atoms with E-state index in [9.17, 15) is 4.79 Å². The number of alkyl halides is 1.